The van der Waals surface area contributed by atoms with Gasteiger partial charge in [-0.25, -0.2) is 8.78 Å². The Kier molecular flexibility index (Phi) is 3.82. The fourth-order valence-corrected chi connectivity index (χ4v) is 1.70. The first-order valence-electron chi connectivity index (χ1n) is 5.62. The number of ketones is 1. The van der Waals surface area contributed by atoms with Gasteiger partial charge >= 0.3 is 0 Å². The van der Waals surface area contributed by atoms with Gasteiger partial charge in [0.1, 0.15) is 0 Å². The molecule has 0 aliphatic heterocycles. The Labute approximate surface area is 104 Å². The van der Waals surface area contributed by atoms with Gasteiger partial charge in [-0.1, -0.05) is 60.7 Å². The summed E-state index contributed by atoms with van der Waals surface area (Å²) in [5.74, 6) is -0.827. The molecule has 0 radical (unpaired) electrons. The zero-order valence-corrected chi connectivity index (χ0v) is 9.59. The third-order valence-corrected chi connectivity index (χ3v) is 2.68. The lowest BCUT2D eigenvalue weighted by molar-refractivity contribution is 0.0760. The van der Waals surface area contributed by atoms with Crippen LogP contribution in [-0.2, 0) is 0 Å². The Morgan fingerprint density at radius 1 is 0.833 bits per heavy atom. The number of Topliss-reactive ketones (excluding diaryl/α,β-unsaturated/α-hetero) is 1. The first-order valence-corrected chi connectivity index (χ1v) is 5.62. The molecule has 2 aromatic carbocycles. The molecule has 2 aromatic rings. The average Bonchev–Trinajstić information content (AvgIpc) is 2.47. The molecule has 0 aliphatic carbocycles. The molecule has 0 fully saturated rings. The number of hydrogen-bond acceptors (Lipinski definition) is 1. The van der Waals surface area contributed by atoms with E-state index in [0.29, 0.717) is 0 Å². The second-order valence-electron chi connectivity index (χ2n) is 3.94. The van der Waals surface area contributed by atoms with Crippen molar-refractivity contribution >= 4 is 5.78 Å². The fourth-order valence-electron chi connectivity index (χ4n) is 1.70. The van der Waals surface area contributed by atoms with Gasteiger partial charge in [0.25, 0.3) is 0 Å². The van der Waals surface area contributed by atoms with Crippen LogP contribution >= 0.6 is 0 Å². The smallest absolute Gasteiger partial charge is 0.200 e. The maximum atomic E-state index is 13.9. The average molecular weight is 246 g/mol. The summed E-state index contributed by atoms with van der Waals surface area (Å²) in [4.78, 5) is 11.7. The Morgan fingerprint density at radius 3 is 1.89 bits per heavy atom. The van der Waals surface area contributed by atoms with Gasteiger partial charge in [-0.05, 0) is 5.56 Å². The van der Waals surface area contributed by atoms with E-state index >= 15 is 0 Å². The lowest BCUT2D eigenvalue weighted by Gasteiger charge is -2.12. The van der Waals surface area contributed by atoms with Crippen molar-refractivity contribution in [3.05, 3.63) is 71.8 Å². The summed E-state index contributed by atoms with van der Waals surface area (Å²) < 4.78 is 27.7. The third-order valence-electron chi connectivity index (χ3n) is 2.68. The summed E-state index contributed by atoms with van der Waals surface area (Å²) in [6.45, 7) is 0. The molecule has 0 saturated carbocycles. The molecule has 0 aromatic heterocycles. The van der Waals surface area contributed by atoms with Crippen LogP contribution < -0.4 is 0 Å². The Bertz CT molecular complexity index is 511. The van der Waals surface area contributed by atoms with E-state index in [1.54, 1.807) is 36.4 Å². The minimum Gasteiger partial charge on any atom is -0.291 e. The van der Waals surface area contributed by atoms with E-state index in [1.807, 2.05) is 0 Å². The Balaban J connectivity index is 2.17. The van der Waals surface area contributed by atoms with Crippen molar-refractivity contribution in [1.29, 1.82) is 0 Å². The number of carbonyl (C=O) groups excluding carboxylic acids is 1. The lowest BCUT2D eigenvalue weighted by Crippen LogP contribution is -2.21. The van der Waals surface area contributed by atoms with Gasteiger partial charge in [0.2, 0.25) is 0 Å². The number of alkyl halides is 2. The Morgan fingerprint density at radius 2 is 1.33 bits per heavy atom. The molecule has 2 unspecified atom stereocenters. The van der Waals surface area contributed by atoms with E-state index < -0.39 is 18.1 Å². The minimum absolute atomic E-state index is 0.175. The maximum Gasteiger partial charge on any atom is 0.200 e. The van der Waals surface area contributed by atoms with Gasteiger partial charge in [0.15, 0.2) is 18.1 Å². The molecule has 0 amide bonds. The number of benzene rings is 2. The van der Waals surface area contributed by atoms with E-state index in [1.165, 1.54) is 24.3 Å². The summed E-state index contributed by atoms with van der Waals surface area (Å²) in [7, 11) is 0. The molecular weight excluding hydrogens is 234 g/mol. The summed E-state index contributed by atoms with van der Waals surface area (Å²) in [5.41, 5.74) is 0.359. The highest BCUT2D eigenvalue weighted by Gasteiger charge is 2.29. The predicted octanol–water partition coefficient (Wildman–Crippen LogP) is 3.92. The topological polar surface area (TPSA) is 17.1 Å². The van der Waals surface area contributed by atoms with Crippen molar-refractivity contribution < 1.29 is 13.6 Å². The highest BCUT2D eigenvalue weighted by Crippen LogP contribution is 2.26. The normalized spacial score (nSPS) is 13.9. The van der Waals surface area contributed by atoms with Gasteiger partial charge in [0.05, 0.1) is 0 Å². The van der Waals surface area contributed by atoms with Gasteiger partial charge in [-0.15, -0.1) is 0 Å². The number of halogens is 2. The van der Waals surface area contributed by atoms with Crippen LogP contribution in [0, 0.1) is 0 Å². The van der Waals surface area contributed by atoms with Gasteiger partial charge in [-0.2, -0.15) is 0 Å². The van der Waals surface area contributed by atoms with Gasteiger partial charge < -0.3 is 0 Å². The van der Waals surface area contributed by atoms with Crippen molar-refractivity contribution in [1.82, 2.24) is 0 Å². The van der Waals surface area contributed by atoms with Crippen molar-refractivity contribution in [2.75, 3.05) is 0 Å². The van der Waals surface area contributed by atoms with Crippen LogP contribution in [0.15, 0.2) is 60.7 Å². The van der Waals surface area contributed by atoms with Crippen molar-refractivity contribution in [2.24, 2.45) is 0 Å². The molecule has 0 N–H and O–H groups in total. The quantitative estimate of drug-likeness (QED) is 0.747. The number of carbonyl (C=O) groups is 1. The summed E-state index contributed by atoms with van der Waals surface area (Å²) in [6.07, 6.45) is -4.10. The summed E-state index contributed by atoms with van der Waals surface area (Å²) in [5, 5.41) is 0. The first-order chi connectivity index (χ1) is 8.70. The zero-order valence-electron chi connectivity index (χ0n) is 9.59. The maximum absolute atomic E-state index is 13.9. The SMILES string of the molecule is O=C(c1ccccc1)C(F)C(F)c1ccccc1. The molecule has 3 heteroatoms. The largest absolute Gasteiger partial charge is 0.291 e. The van der Waals surface area contributed by atoms with Crippen molar-refractivity contribution in [2.45, 2.75) is 12.3 Å². The van der Waals surface area contributed by atoms with Crippen LogP contribution in [0.1, 0.15) is 22.1 Å². The highest BCUT2D eigenvalue weighted by molar-refractivity contribution is 5.99. The first kappa shape index (κ1) is 12.4. The molecule has 92 valence electrons. The lowest BCUT2D eigenvalue weighted by atomic mass is 9.99. The monoisotopic (exact) mass is 246 g/mol. The molecule has 2 rings (SSSR count). The second-order valence-corrected chi connectivity index (χ2v) is 3.94. The summed E-state index contributed by atoms with van der Waals surface area (Å²) >= 11 is 0. The third kappa shape index (κ3) is 2.62. The zero-order chi connectivity index (χ0) is 13.0. The molecule has 0 bridgehead atoms. The van der Waals surface area contributed by atoms with Crippen LogP contribution in [0.4, 0.5) is 8.78 Å². The van der Waals surface area contributed by atoms with Crippen LogP contribution in [0.2, 0.25) is 0 Å². The molecule has 18 heavy (non-hydrogen) atoms. The standard InChI is InChI=1S/C15H12F2O/c16-13(11-7-3-1-4-8-11)14(17)15(18)12-9-5-2-6-10-12/h1-10,13-14H. The second kappa shape index (κ2) is 5.54. The predicted molar refractivity (Wildman–Crippen MR) is 66.0 cm³/mol. The van der Waals surface area contributed by atoms with E-state index in [0.717, 1.165) is 0 Å². The molecule has 2 atom stereocenters. The van der Waals surface area contributed by atoms with E-state index in [9.17, 15) is 13.6 Å². The Hall–Kier alpha value is -2.03. The fraction of sp³-hybridized carbons (Fsp3) is 0.133. The molecule has 0 saturated heterocycles. The van der Waals surface area contributed by atoms with Crippen LogP contribution in [-0.4, -0.2) is 12.0 Å². The van der Waals surface area contributed by atoms with E-state index in [-0.39, 0.29) is 11.1 Å². The van der Waals surface area contributed by atoms with Gasteiger partial charge in [-0.3, -0.25) is 4.79 Å². The summed E-state index contributed by atoms with van der Waals surface area (Å²) in [6, 6.07) is 15.8. The molecular formula is C15H12F2O. The number of rotatable bonds is 4. The van der Waals surface area contributed by atoms with Crippen LogP contribution in [0.25, 0.3) is 0 Å². The van der Waals surface area contributed by atoms with E-state index in [4.69, 9.17) is 0 Å². The molecule has 0 aliphatic rings. The molecule has 0 spiro atoms. The molecule has 1 nitrogen and oxygen atoms in total. The minimum atomic E-state index is -2.17. The van der Waals surface area contributed by atoms with Crippen LogP contribution in [0.3, 0.4) is 0 Å². The molecule has 0 heterocycles. The van der Waals surface area contributed by atoms with E-state index in [2.05, 4.69) is 0 Å². The van der Waals surface area contributed by atoms with Crippen molar-refractivity contribution in [3.8, 4) is 0 Å². The van der Waals surface area contributed by atoms with Crippen LogP contribution in [0.5, 0.6) is 0 Å². The van der Waals surface area contributed by atoms with Gasteiger partial charge in [0, 0.05) is 5.56 Å². The highest BCUT2D eigenvalue weighted by atomic mass is 19.2. The number of hydrogen-bond donors (Lipinski definition) is 0. The van der Waals surface area contributed by atoms with Crippen molar-refractivity contribution in [3.63, 3.8) is 0 Å².